The molecule has 0 aromatic carbocycles. The minimum atomic E-state index is -2.52. The SMILES string of the molecule is CCO[Si](OCC)(C1=C(C(C)(C)C)CCC1)C1=C(C(C)(C)C)CCC1. The van der Waals surface area contributed by atoms with E-state index in [4.69, 9.17) is 8.85 Å². The van der Waals surface area contributed by atoms with Gasteiger partial charge in [0.05, 0.1) is 0 Å². The van der Waals surface area contributed by atoms with Crippen molar-refractivity contribution in [3.8, 4) is 0 Å². The lowest BCUT2D eigenvalue weighted by molar-refractivity contribution is 0.197. The second kappa shape index (κ2) is 7.70. The predicted octanol–water partition coefficient (Wildman–Crippen LogP) is 6.63. The van der Waals surface area contributed by atoms with E-state index in [2.05, 4.69) is 55.4 Å². The molecule has 25 heavy (non-hydrogen) atoms. The van der Waals surface area contributed by atoms with Gasteiger partial charge in [-0.3, -0.25) is 0 Å². The van der Waals surface area contributed by atoms with E-state index in [1.807, 2.05) is 0 Å². The molecule has 3 heteroatoms. The summed E-state index contributed by atoms with van der Waals surface area (Å²) in [6.07, 6.45) is 7.28. The van der Waals surface area contributed by atoms with Gasteiger partial charge in [0.2, 0.25) is 0 Å². The van der Waals surface area contributed by atoms with Crippen LogP contribution < -0.4 is 0 Å². The average molecular weight is 365 g/mol. The molecular weight excluding hydrogens is 324 g/mol. The molecule has 0 spiro atoms. The van der Waals surface area contributed by atoms with Crippen LogP contribution >= 0.6 is 0 Å². The molecule has 0 saturated carbocycles. The molecule has 0 aliphatic heterocycles. The lowest BCUT2D eigenvalue weighted by Crippen LogP contribution is -2.48. The highest BCUT2D eigenvalue weighted by molar-refractivity contribution is 6.82. The van der Waals surface area contributed by atoms with Gasteiger partial charge in [0.15, 0.2) is 0 Å². The molecule has 0 N–H and O–H groups in total. The molecule has 0 aromatic rings. The highest BCUT2D eigenvalue weighted by atomic mass is 28.4. The van der Waals surface area contributed by atoms with Gasteiger partial charge in [-0.1, -0.05) is 52.7 Å². The maximum absolute atomic E-state index is 6.69. The molecule has 2 rings (SSSR count). The molecule has 0 saturated heterocycles. The van der Waals surface area contributed by atoms with Crippen molar-refractivity contribution < 1.29 is 8.85 Å². The molecule has 0 unspecified atom stereocenters. The minimum absolute atomic E-state index is 0.208. The van der Waals surface area contributed by atoms with Crippen molar-refractivity contribution in [2.75, 3.05) is 13.2 Å². The summed E-state index contributed by atoms with van der Waals surface area (Å²) in [6, 6.07) is 0. The monoisotopic (exact) mass is 364 g/mol. The third-order valence-corrected chi connectivity index (χ3v) is 9.82. The Morgan fingerprint density at radius 1 is 0.680 bits per heavy atom. The Morgan fingerprint density at radius 2 is 1.04 bits per heavy atom. The van der Waals surface area contributed by atoms with Crippen molar-refractivity contribution in [2.24, 2.45) is 10.8 Å². The fraction of sp³-hybridized carbons (Fsp3) is 0.818. The van der Waals surface area contributed by atoms with Crippen molar-refractivity contribution in [2.45, 2.75) is 93.9 Å². The molecule has 0 aromatic heterocycles. The van der Waals surface area contributed by atoms with Crippen molar-refractivity contribution in [1.29, 1.82) is 0 Å². The second-order valence-corrected chi connectivity index (χ2v) is 12.6. The second-order valence-electron chi connectivity index (χ2n) is 9.60. The van der Waals surface area contributed by atoms with Gasteiger partial charge in [0.1, 0.15) is 0 Å². The fourth-order valence-corrected chi connectivity index (χ4v) is 9.61. The molecule has 2 aliphatic carbocycles. The normalized spacial score (nSPS) is 20.2. The molecule has 0 atom stereocenters. The zero-order valence-corrected chi connectivity index (χ0v) is 19.0. The van der Waals surface area contributed by atoms with E-state index in [1.165, 1.54) is 38.5 Å². The molecule has 0 bridgehead atoms. The largest absolute Gasteiger partial charge is 0.398 e. The van der Waals surface area contributed by atoms with Crippen LogP contribution in [-0.2, 0) is 8.85 Å². The van der Waals surface area contributed by atoms with E-state index >= 15 is 0 Å². The van der Waals surface area contributed by atoms with Crippen molar-refractivity contribution in [3.63, 3.8) is 0 Å². The van der Waals surface area contributed by atoms with E-state index in [0.29, 0.717) is 0 Å². The first kappa shape index (κ1) is 20.9. The van der Waals surface area contributed by atoms with E-state index < -0.39 is 8.56 Å². The first-order valence-electron chi connectivity index (χ1n) is 10.3. The Kier molecular flexibility index (Phi) is 6.44. The molecule has 0 heterocycles. The van der Waals surface area contributed by atoms with E-state index in [9.17, 15) is 0 Å². The van der Waals surface area contributed by atoms with Crippen LogP contribution in [0.4, 0.5) is 0 Å². The fourth-order valence-electron chi connectivity index (χ4n) is 4.85. The standard InChI is InChI=1S/C22H40O2Si/c1-9-23-25(24-10-2,19-15-11-13-17(19)21(3,4)5)20-16-12-14-18(20)22(6,7)8/h9-16H2,1-8H3. The quantitative estimate of drug-likeness (QED) is 0.492. The Hall–Kier alpha value is -0.383. The molecule has 2 nitrogen and oxygen atoms in total. The van der Waals surface area contributed by atoms with Gasteiger partial charge in [-0.25, -0.2) is 0 Å². The molecule has 0 amide bonds. The molecule has 2 aliphatic rings. The third kappa shape index (κ3) is 4.14. The molecule has 144 valence electrons. The molecule has 0 radical (unpaired) electrons. The van der Waals surface area contributed by atoms with E-state index in [-0.39, 0.29) is 10.8 Å². The summed E-state index contributed by atoms with van der Waals surface area (Å²) in [6.45, 7) is 19.9. The molecular formula is C22H40O2Si. The van der Waals surface area contributed by atoms with Crippen molar-refractivity contribution in [1.82, 2.24) is 0 Å². The summed E-state index contributed by atoms with van der Waals surface area (Å²) in [7, 11) is -2.52. The average Bonchev–Trinajstić information content (AvgIpc) is 3.15. The number of rotatable bonds is 6. The maximum atomic E-state index is 6.69. The van der Waals surface area contributed by atoms with Gasteiger partial charge in [-0.2, -0.15) is 0 Å². The van der Waals surface area contributed by atoms with Crippen LogP contribution in [0, 0.1) is 10.8 Å². The van der Waals surface area contributed by atoms with Gasteiger partial charge in [-0.15, -0.1) is 0 Å². The Balaban J connectivity index is 2.71. The number of hydrogen-bond donors (Lipinski definition) is 0. The van der Waals surface area contributed by atoms with Crippen molar-refractivity contribution in [3.05, 3.63) is 21.5 Å². The topological polar surface area (TPSA) is 18.5 Å². The highest BCUT2D eigenvalue weighted by Crippen LogP contribution is 2.50. The van der Waals surface area contributed by atoms with Crippen LogP contribution in [0.15, 0.2) is 21.5 Å². The smallest absolute Gasteiger partial charge is 0.388 e. The van der Waals surface area contributed by atoms with Gasteiger partial charge >= 0.3 is 8.56 Å². The number of hydrogen-bond acceptors (Lipinski definition) is 2. The van der Waals surface area contributed by atoms with Crippen LogP contribution in [-0.4, -0.2) is 21.8 Å². The van der Waals surface area contributed by atoms with E-state index in [1.54, 1.807) is 21.5 Å². The highest BCUT2D eigenvalue weighted by Gasteiger charge is 2.52. The zero-order chi connectivity index (χ0) is 18.9. The van der Waals surface area contributed by atoms with Crippen LogP contribution in [0.3, 0.4) is 0 Å². The van der Waals surface area contributed by atoms with Gasteiger partial charge in [0.25, 0.3) is 0 Å². The maximum Gasteiger partial charge on any atom is 0.398 e. The van der Waals surface area contributed by atoms with Crippen molar-refractivity contribution >= 4 is 8.56 Å². The lowest BCUT2D eigenvalue weighted by atomic mass is 9.86. The molecule has 0 fully saturated rings. The predicted molar refractivity (Wildman–Crippen MR) is 110 cm³/mol. The summed E-state index contributed by atoms with van der Waals surface area (Å²) < 4.78 is 13.4. The summed E-state index contributed by atoms with van der Waals surface area (Å²) in [5.74, 6) is 0. The Morgan fingerprint density at radius 3 is 1.32 bits per heavy atom. The van der Waals surface area contributed by atoms with Gasteiger partial charge in [-0.05, 0) is 73.6 Å². The first-order valence-corrected chi connectivity index (χ1v) is 12.1. The minimum Gasteiger partial charge on any atom is -0.388 e. The van der Waals surface area contributed by atoms with Gasteiger partial charge < -0.3 is 8.85 Å². The summed E-state index contributed by atoms with van der Waals surface area (Å²) in [5, 5.41) is 3.14. The van der Waals surface area contributed by atoms with Gasteiger partial charge in [0, 0.05) is 13.2 Å². The zero-order valence-electron chi connectivity index (χ0n) is 18.0. The Labute approximate surface area is 157 Å². The first-order chi connectivity index (χ1) is 11.6. The third-order valence-electron chi connectivity index (χ3n) is 5.74. The Bertz CT molecular complexity index is 493. The van der Waals surface area contributed by atoms with Crippen LogP contribution in [0.2, 0.25) is 0 Å². The summed E-state index contributed by atoms with van der Waals surface area (Å²) in [5.41, 5.74) is 3.65. The van der Waals surface area contributed by atoms with Crippen LogP contribution in [0.5, 0.6) is 0 Å². The summed E-state index contributed by atoms with van der Waals surface area (Å²) >= 11 is 0. The van der Waals surface area contributed by atoms with Crippen LogP contribution in [0.1, 0.15) is 93.9 Å². The number of allylic oxidation sites excluding steroid dienone is 4. The van der Waals surface area contributed by atoms with Crippen LogP contribution in [0.25, 0.3) is 0 Å². The summed E-state index contributed by atoms with van der Waals surface area (Å²) in [4.78, 5) is 0. The lowest BCUT2D eigenvalue weighted by Gasteiger charge is -2.38. The van der Waals surface area contributed by atoms with E-state index in [0.717, 1.165) is 13.2 Å².